The Bertz CT molecular complexity index is 628. The Balaban J connectivity index is 2.50. The summed E-state index contributed by atoms with van der Waals surface area (Å²) in [4.78, 5) is 12.6. The second-order valence-electron chi connectivity index (χ2n) is 4.37. The van der Waals surface area contributed by atoms with Gasteiger partial charge in [-0.2, -0.15) is 0 Å². The number of carbonyl (C=O) groups is 1. The van der Waals surface area contributed by atoms with E-state index >= 15 is 0 Å². The molecule has 0 heterocycles. The third kappa shape index (κ3) is 2.78. The Hall–Kier alpha value is -2.00. The summed E-state index contributed by atoms with van der Waals surface area (Å²) in [7, 11) is 3.09. The van der Waals surface area contributed by atoms with Crippen molar-refractivity contribution in [3.05, 3.63) is 58.1 Å². The van der Waals surface area contributed by atoms with Gasteiger partial charge in [-0.15, -0.1) is 0 Å². The lowest BCUT2D eigenvalue weighted by molar-refractivity contribution is 0.103. The summed E-state index contributed by atoms with van der Waals surface area (Å²) in [5.41, 5.74) is 1.82. The van der Waals surface area contributed by atoms with Crippen LogP contribution in [0.5, 0.6) is 11.5 Å². The van der Waals surface area contributed by atoms with E-state index in [2.05, 4.69) is 0 Å². The molecule has 0 amide bonds. The number of benzene rings is 2. The lowest BCUT2D eigenvalue weighted by Gasteiger charge is -2.09. The highest BCUT2D eigenvalue weighted by Crippen LogP contribution is 2.27. The summed E-state index contributed by atoms with van der Waals surface area (Å²) in [5, 5.41) is 0.472. The normalized spacial score (nSPS) is 10.2. The van der Waals surface area contributed by atoms with Crippen LogP contribution in [-0.4, -0.2) is 20.0 Å². The second-order valence-corrected chi connectivity index (χ2v) is 4.74. The fraction of sp³-hybridized carbons (Fsp3) is 0.188. The maximum Gasteiger partial charge on any atom is 0.194 e. The average Bonchev–Trinajstić information content (AvgIpc) is 2.48. The highest BCUT2D eigenvalue weighted by Gasteiger charge is 2.16. The van der Waals surface area contributed by atoms with Crippen molar-refractivity contribution >= 4 is 17.4 Å². The van der Waals surface area contributed by atoms with E-state index in [0.29, 0.717) is 27.6 Å². The molecule has 104 valence electrons. The molecule has 20 heavy (non-hydrogen) atoms. The monoisotopic (exact) mass is 290 g/mol. The van der Waals surface area contributed by atoms with Crippen LogP contribution in [0.4, 0.5) is 0 Å². The van der Waals surface area contributed by atoms with Gasteiger partial charge in [0.1, 0.15) is 11.5 Å². The molecule has 4 heteroatoms. The quantitative estimate of drug-likeness (QED) is 0.801. The van der Waals surface area contributed by atoms with Gasteiger partial charge in [-0.05, 0) is 30.7 Å². The number of carbonyl (C=O) groups excluding carboxylic acids is 1. The van der Waals surface area contributed by atoms with Crippen LogP contribution >= 0.6 is 11.6 Å². The van der Waals surface area contributed by atoms with Gasteiger partial charge in [0.05, 0.1) is 19.2 Å². The van der Waals surface area contributed by atoms with Crippen molar-refractivity contribution in [3.63, 3.8) is 0 Å². The van der Waals surface area contributed by atoms with Crippen LogP contribution in [0.25, 0.3) is 0 Å². The zero-order valence-corrected chi connectivity index (χ0v) is 12.3. The number of rotatable bonds is 4. The minimum absolute atomic E-state index is 0.157. The summed E-state index contributed by atoms with van der Waals surface area (Å²) in [6, 6.07) is 10.4. The second kappa shape index (κ2) is 5.97. The first-order valence-corrected chi connectivity index (χ1v) is 6.47. The molecule has 0 saturated carbocycles. The first kappa shape index (κ1) is 14.4. The molecule has 0 saturated heterocycles. The van der Waals surface area contributed by atoms with Crippen LogP contribution in [0, 0.1) is 6.92 Å². The Morgan fingerprint density at radius 2 is 1.65 bits per heavy atom. The lowest BCUT2D eigenvalue weighted by atomic mass is 10.0. The molecule has 0 aromatic heterocycles. The van der Waals surface area contributed by atoms with Crippen LogP contribution in [0.1, 0.15) is 21.5 Å². The van der Waals surface area contributed by atoms with Gasteiger partial charge >= 0.3 is 0 Å². The first-order chi connectivity index (χ1) is 9.56. The molecule has 0 fully saturated rings. The summed E-state index contributed by atoms with van der Waals surface area (Å²) in [6.07, 6.45) is 0. The van der Waals surface area contributed by atoms with E-state index in [4.69, 9.17) is 21.1 Å². The molecule has 0 aliphatic carbocycles. The third-order valence-corrected chi connectivity index (χ3v) is 3.55. The number of methoxy groups -OCH3 is 2. The maximum atomic E-state index is 12.6. The zero-order chi connectivity index (χ0) is 14.7. The Morgan fingerprint density at radius 1 is 1.05 bits per heavy atom. The van der Waals surface area contributed by atoms with E-state index in [9.17, 15) is 4.79 Å². The van der Waals surface area contributed by atoms with Gasteiger partial charge in [-0.3, -0.25) is 4.79 Å². The van der Waals surface area contributed by atoms with Crippen LogP contribution in [0.2, 0.25) is 5.02 Å². The van der Waals surface area contributed by atoms with E-state index < -0.39 is 0 Å². The molecular formula is C16H15ClO3. The number of halogens is 1. The third-order valence-electron chi connectivity index (χ3n) is 3.05. The minimum Gasteiger partial charge on any atom is -0.497 e. The molecule has 0 radical (unpaired) electrons. The molecule has 2 rings (SSSR count). The standard InChI is InChI=1S/C16H15ClO3/c1-10-5-4-6-14(15(10)17)16(18)11-7-12(19-2)9-13(8-11)20-3/h4-9H,1-3H3. The Morgan fingerprint density at radius 3 is 2.20 bits per heavy atom. The molecule has 0 aliphatic rings. The first-order valence-electron chi connectivity index (χ1n) is 6.09. The molecule has 0 spiro atoms. The largest absolute Gasteiger partial charge is 0.497 e. The van der Waals surface area contributed by atoms with Crippen molar-refractivity contribution in [2.24, 2.45) is 0 Å². The molecular weight excluding hydrogens is 276 g/mol. The van der Waals surface area contributed by atoms with Gasteiger partial charge in [-0.25, -0.2) is 0 Å². The summed E-state index contributed by atoms with van der Waals surface area (Å²) in [6.45, 7) is 1.87. The lowest BCUT2D eigenvalue weighted by Crippen LogP contribution is -2.04. The smallest absolute Gasteiger partial charge is 0.194 e. The fourth-order valence-electron chi connectivity index (χ4n) is 1.92. The van der Waals surface area contributed by atoms with Crippen molar-refractivity contribution in [3.8, 4) is 11.5 Å². The van der Waals surface area contributed by atoms with E-state index in [1.165, 1.54) is 0 Å². The summed E-state index contributed by atoms with van der Waals surface area (Å²) in [5.74, 6) is 0.976. The van der Waals surface area contributed by atoms with Crippen molar-refractivity contribution in [1.29, 1.82) is 0 Å². The predicted octanol–water partition coefficient (Wildman–Crippen LogP) is 3.90. The number of aryl methyl sites for hydroxylation is 1. The number of ketones is 1. The molecule has 2 aromatic rings. The molecule has 0 aliphatic heterocycles. The number of ether oxygens (including phenoxy) is 2. The van der Waals surface area contributed by atoms with Crippen molar-refractivity contribution < 1.29 is 14.3 Å². The average molecular weight is 291 g/mol. The summed E-state index contributed by atoms with van der Waals surface area (Å²) < 4.78 is 10.3. The van der Waals surface area contributed by atoms with Crippen molar-refractivity contribution in [2.45, 2.75) is 6.92 Å². The van der Waals surface area contributed by atoms with Gasteiger partial charge in [0.2, 0.25) is 0 Å². The van der Waals surface area contributed by atoms with Gasteiger partial charge in [-0.1, -0.05) is 23.7 Å². The van der Waals surface area contributed by atoms with Crippen molar-refractivity contribution in [1.82, 2.24) is 0 Å². The topological polar surface area (TPSA) is 35.5 Å². The highest BCUT2D eigenvalue weighted by atomic mass is 35.5. The number of hydrogen-bond acceptors (Lipinski definition) is 3. The maximum absolute atomic E-state index is 12.6. The van der Waals surface area contributed by atoms with E-state index in [-0.39, 0.29) is 5.78 Å². The molecule has 2 aromatic carbocycles. The van der Waals surface area contributed by atoms with Crippen molar-refractivity contribution in [2.75, 3.05) is 14.2 Å². The van der Waals surface area contributed by atoms with E-state index in [1.54, 1.807) is 38.5 Å². The molecule has 3 nitrogen and oxygen atoms in total. The van der Waals surface area contributed by atoms with Crippen LogP contribution < -0.4 is 9.47 Å². The number of hydrogen-bond donors (Lipinski definition) is 0. The zero-order valence-electron chi connectivity index (χ0n) is 11.6. The van der Waals surface area contributed by atoms with Gasteiger partial charge in [0.15, 0.2) is 5.78 Å². The highest BCUT2D eigenvalue weighted by molar-refractivity contribution is 6.35. The van der Waals surface area contributed by atoms with Crippen LogP contribution in [0.3, 0.4) is 0 Å². The van der Waals surface area contributed by atoms with E-state index in [0.717, 1.165) is 5.56 Å². The Labute approximate surface area is 123 Å². The predicted molar refractivity (Wildman–Crippen MR) is 79.2 cm³/mol. The molecule has 0 bridgehead atoms. The molecule has 0 atom stereocenters. The van der Waals surface area contributed by atoms with E-state index in [1.807, 2.05) is 19.1 Å². The van der Waals surface area contributed by atoms with Gasteiger partial charge < -0.3 is 9.47 Å². The van der Waals surface area contributed by atoms with Gasteiger partial charge in [0, 0.05) is 17.2 Å². The van der Waals surface area contributed by atoms with Gasteiger partial charge in [0.25, 0.3) is 0 Å². The summed E-state index contributed by atoms with van der Waals surface area (Å²) >= 11 is 6.20. The Kier molecular flexibility index (Phi) is 4.30. The molecule has 0 N–H and O–H groups in total. The minimum atomic E-state index is -0.157. The van der Waals surface area contributed by atoms with Crippen LogP contribution in [-0.2, 0) is 0 Å². The molecule has 0 unspecified atom stereocenters. The SMILES string of the molecule is COc1cc(OC)cc(C(=O)c2cccc(C)c2Cl)c1. The fourth-order valence-corrected chi connectivity index (χ4v) is 2.13. The van der Waals surface area contributed by atoms with Crippen LogP contribution in [0.15, 0.2) is 36.4 Å².